The molecule has 23 heavy (non-hydrogen) atoms. The van der Waals surface area contributed by atoms with Crippen molar-refractivity contribution in [2.24, 2.45) is 0 Å². The summed E-state index contributed by atoms with van der Waals surface area (Å²) in [6.07, 6.45) is 1.80. The molecule has 0 bridgehead atoms. The summed E-state index contributed by atoms with van der Waals surface area (Å²) in [5.41, 5.74) is 1.66. The van der Waals surface area contributed by atoms with Gasteiger partial charge in [0.15, 0.2) is 0 Å². The van der Waals surface area contributed by atoms with Gasteiger partial charge in [0.2, 0.25) is 0 Å². The number of ether oxygens (including phenoxy) is 1. The van der Waals surface area contributed by atoms with Gasteiger partial charge >= 0.3 is 5.97 Å². The maximum absolute atomic E-state index is 12.1. The summed E-state index contributed by atoms with van der Waals surface area (Å²) < 4.78 is 5.21. The van der Waals surface area contributed by atoms with Crippen molar-refractivity contribution in [3.8, 4) is 5.75 Å². The van der Waals surface area contributed by atoms with Gasteiger partial charge < -0.3 is 20.0 Å². The molecule has 1 atom stereocenters. The second-order valence-corrected chi connectivity index (χ2v) is 4.76. The number of carbonyl (C=O) groups is 1. The molecule has 0 aliphatic carbocycles. The quantitative estimate of drug-likeness (QED) is 0.310. The van der Waals surface area contributed by atoms with Crippen molar-refractivity contribution < 1.29 is 19.4 Å². The van der Waals surface area contributed by atoms with Crippen LogP contribution in [0.4, 0.5) is 0 Å². The van der Waals surface area contributed by atoms with E-state index in [-0.39, 0.29) is 18.8 Å². The number of benzene rings is 2. The number of esters is 1. The Bertz CT molecular complexity index is 616. The Hall–Kier alpha value is -3.82. The normalized spacial score (nSPS) is 11.0. The maximum Gasteiger partial charge on any atom is 0.326 e. The van der Waals surface area contributed by atoms with Gasteiger partial charge in [-0.1, -0.05) is 42.5 Å². The SMILES string of the molecule is O=[C-]NC(Cc1ccc(O)cc1)C(=O)OCc1ccccc1.[Fm]. The molecule has 6 heteroatoms. The molecule has 0 saturated carbocycles. The summed E-state index contributed by atoms with van der Waals surface area (Å²) >= 11 is 0. The molecule has 0 heterocycles. The summed E-state index contributed by atoms with van der Waals surface area (Å²) in [5, 5.41) is 11.6. The first-order valence-electron chi connectivity index (χ1n) is 6.80. The van der Waals surface area contributed by atoms with Crippen molar-refractivity contribution in [2.75, 3.05) is 0 Å². The van der Waals surface area contributed by atoms with Gasteiger partial charge in [-0.05, 0) is 23.3 Å². The largest absolute Gasteiger partial charge is 0.520 e. The van der Waals surface area contributed by atoms with Gasteiger partial charge in [-0.25, -0.2) is 4.79 Å². The molecule has 0 radical (unpaired) electrons. The monoisotopic (exact) mass is 555 g/mol. The number of hydrogen-bond acceptors (Lipinski definition) is 4. The molecule has 0 fully saturated rings. The Balaban J connectivity index is 0.00000264. The standard InChI is InChI=1S/C17H16NO4.Fm/c19-12-18-16(10-13-6-8-15(20)9-7-13)17(21)22-11-14-4-2-1-3-5-14;/h1-9,16,20H,10-11H2,(H,18,19);/q-1;. The van der Waals surface area contributed by atoms with Gasteiger partial charge in [0.25, 0.3) is 0 Å². The smallest absolute Gasteiger partial charge is 0.326 e. The van der Waals surface area contributed by atoms with Crippen LogP contribution in [0.2, 0.25) is 0 Å². The van der Waals surface area contributed by atoms with E-state index in [0.717, 1.165) is 11.1 Å². The molecule has 2 aromatic carbocycles. The van der Waals surface area contributed by atoms with Crippen molar-refractivity contribution in [3.05, 3.63) is 65.7 Å². The molecule has 0 aliphatic heterocycles. The first-order valence-corrected chi connectivity index (χ1v) is 6.80. The summed E-state index contributed by atoms with van der Waals surface area (Å²) in [6, 6.07) is 14.9. The second kappa shape index (κ2) is 8.46. The van der Waals surface area contributed by atoms with E-state index in [1.165, 1.54) is 18.5 Å². The van der Waals surface area contributed by atoms with E-state index in [4.69, 9.17) is 4.74 Å². The minimum atomic E-state index is -0.814. The Kier molecular flexibility index (Phi) is 6.34. The van der Waals surface area contributed by atoms with Crippen LogP contribution in [-0.4, -0.2) is 23.5 Å². The van der Waals surface area contributed by atoms with Crippen LogP contribution in [0.5, 0.6) is 5.75 Å². The van der Waals surface area contributed by atoms with E-state index >= 15 is 0 Å². The molecule has 0 spiro atoms. The Morgan fingerprint density at radius 2 is 1.74 bits per heavy atom. The molecule has 1 amide bonds. The van der Waals surface area contributed by atoms with Gasteiger partial charge in [-0.3, -0.25) is 0 Å². The van der Waals surface area contributed by atoms with Crippen molar-refractivity contribution in [3.63, 3.8) is 0 Å². The Labute approximate surface area is 128 Å². The predicted molar refractivity (Wildman–Crippen MR) is 80.7 cm³/mol. The van der Waals surface area contributed by atoms with Crippen LogP contribution in [0, 0.1) is 0 Å². The molecule has 0 aromatic heterocycles. The number of rotatable bonds is 7. The predicted octanol–water partition coefficient (Wildman–Crippen LogP) is 1.70. The molecule has 1 unspecified atom stereocenters. The van der Waals surface area contributed by atoms with Gasteiger partial charge in [0, 0.05) is 6.42 Å². The minimum Gasteiger partial charge on any atom is -0.520 e. The zero-order valence-electron chi connectivity index (χ0n) is 12.1. The third-order valence-corrected chi connectivity index (χ3v) is 3.12. The minimum absolute atomic E-state index is 0. The topological polar surface area (TPSA) is 75.6 Å². The van der Waals surface area contributed by atoms with Crippen molar-refractivity contribution in [1.29, 1.82) is 0 Å². The van der Waals surface area contributed by atoms with Gasteiger partial charge in [0.1, 0.15) is 18.4 Å². The molecule has 0 saturated heterocycles. The van der Waals surface area contributed by atoms with Crippen LogP contribution in [-0.2, 0) is 27.4 Å². The fourth-order valence-electron chi connectivity index (χ4n) is 1.96. The molecule has 0 aliphatic rings. The average Bonchev–Trinajstić information content (AvgIpc) is 2.55. The van der Waals surface area contributed by atoms with Crippen molar-refractivity contribution >= 4 is 12.4 Å². The van der Waals surface area contributed by atoms with Gasteiger partial charge in [0.05, 0.1) is 0 Å². The third-order valence-electron chi connectivity index (χ3n) is 3.12. The average molecular weight is 555 g/mol. The Morgan fingerprint density at radius 3 is 2.35 bits per heavy atom. The molecule has 2 N–H and O–H groups in total. The molecule has 5 nitrogen and oxygen atoms in total. The number of amides is 1. The van der Waals surface area contributed by atoms with Crippen LogP contribution in [0.3, 0.4) is 0 Å². The van der Waals surface area contributed by atoms with E-state index in [0.29, 0.717) is 0 Å². The van der Waals surface area contributed by atoms with Crippen LogP contribution in [0.1, 0.15) is 11.1 Å². The number of hydrogen-bond donors (Lipinski definition) is 2. The van der Waals surface area contributed by atoms with E-state index < -0.39 is 12.0 Å². The zero-order valence-corrected chi connectivity index (χ0v) is 14.6. The summed E-state index contributed by atoms with van der Waals surface area (Å²) in [6.45, 7) is 0.145. The van der Waals surface area contributed by atoms with E-state index in [9.17, 15) is 14.7 Å². The third kappa shape index (κ3) is 5.23. The number of nitrogens with one attached hydrogen (secondary N) is 1. The van der Waals surface area contributed by atoms with E-state index in [2.05, 4.69) is 5.32 Å². The van der Waals surface area contributed by atoms with E-state index in [1.807, 2.05) is 30.3 Å². The summed E-state index contributed by atoms with van der Waals surface area (Å²) in [5.74, 6) is -0.387. The van der Waals surface area contributed by atoms with Gasteiger partial charge in [-0.2, -0.15) is 6.41 Å². The number of carbonyl (C=O) groups excluding carboxylic acids is 2. The summed E-state index contributed by atoms with van der Waals surface area (Å²) in [7, 11) is 0. The van der Waals surface area contributed by atoms with Crippen molar-refractivity contribution in [2.45, 2.75) is 19.1 Å². The molecule has 2 rings (SSSR count). The van der Waals surface area contributed by atoms with Crippen molar-refractivity contribution in [1.82, 2.24) is 5.32 Å². The van der Waals surface area contributed by atoms with Crippen LogP contribution < -0.4 is 5.32 Å². The van der Waals surface area contributed by atoms with Crippen LogP contribution >= 0.6 is 0 Å². The van der Waals surface area contributed by atoms with Crippen LogP contribution in [0.25, 0.3) is 0 Å². The fourth-order valence-corrected chi connectivity index (χ4v) is 1.96. The second-order valence-electron chi connectivity index (χ2n) is 4.76. The molecule has 2 aromatic rings. The first kappa shape index (κ1) is 17.2. The fraction of sp³-hybridized carbons (Fsp3) is 0.176. The molecule has 126 valence electrons. The zero-order chi connectivity index (χ0) is 15.8. The first-order chi connectivity index (χ1) is 10.7. The number of phenolic OH excluding ortho intramolecular Hbond substituents is 1. The summed E-state index contributed by atoms with van der Waals surface area (Å²) in [4.78, 5) is 22.6. The maximum atomic E-state index is 12.1. The molecular formula is C17H16FmNO4-. The number of aromatic hydroxyl groups is 1. The van der Waals surface area contributed by atoms with E-state index in [1.54, 1.807) is 12.1 Å². The van der Waals surface area contributed by atoms with Gasteiger partial charge in [-0.15, -0.1) is 0 Å². The molecular weight excluding hydrogens is 539 g/mol. The Morgan fingerprint density at radius 1 is 1.09 bits per heavy atom. The van der Waals surface area contributed by atoms with Crippen LogP contribution in [0.15, 0.2) is 54.6 Å². The number of phenols is 1.